The van der Waals surface area contributed by atoms with Crippen molar-refractivity contribution in [2.75, 3.05) is 0 Å². The van der Waals surface area contributed by atoms with Crippen LogP contribution in [0.15, 0.2) is 24.3 Å². The number of carbonyl (C=O) groups excluding carboxylic acids is 1. The molecule has 0 aliphatic carbocycles. The summed E-state index contributed by atoms with van der Waals surface area (Å²) in [5.41, 5.74) is 0.0820. The molecule has 1 aliphatic heterocycles. The Hall–Kier alpha value is -2.04. The van der Waals surface area contributed by atoms with E-state index in [4.69, 9.17) is 4.74 Å². The number of carboxylic acid groups (broad SMARTS) is 1. The van der Waals surface area contributed by atoms with Crippen LogP contribution in [0.4, 0.5) is 0 Å². The maximum absolute atomic E-state index is 11.6. The van der Waals surface area contributed by atoms with Crippen molar-refractivity contribution in [1.29, 1.82) is 0 Å². The van der Waals surface area contributed by atoms with Crippen molar-refractivity contribution in [3.05, 3.63) is 29.8 Å². The van der Waals surface area contributed by atoms with Crippen LogP contribution in [0.3, 0.4) is 0 Å². The highest BCUT2D eigenvalue weighted by molar-refractivity contribution is 5.90. The summed E-state index contributed by atoms with van der Waals surface area (Å²) in [7, 11) is 0. The molecule has 1 aliphatic rings. The molecular formula is C15H19NO4. The SMILES string of the molecule is CC(C)Oc1ccc(C2(C)CC(=O)NC2C(=O)O)cc1. The van der Waals surface area contributed by atoms with Crippen molar-refractivity contribution < 1.29 is 19.4 Å². The lowest BCUT2D eigenvalue weighted by Gasteiger charge is -2.28. The number of ether oxygens (including phenoxy) is 1. The van der Waals surface area contributed by atoms with Gasteiger partial charge in [0.05, 0.1) is 6.10 Å². The van der Waals surface area contributed by atoms with Gasteiger partial charge >= 0.3 is 5.97 Å². The van der Waals surface area contributed by atoms with E-state index in [1.807, 2.05) is 38.1 Å². The highest BCUT2D eigenvalue weighted by Gasteiger charge is 2.48. The normalized spacial score (nSPS) is 25.6. The molecule has 1 aromatic rings. The van der Waals surface area contributed by atoms with Gasteiger partial charge in [0.25, 0.3) is 0 Å². The smallest absolute Gasteiger partial charge is 0.327 e. The van der Waals surface area contributed by atoms with Gasteiger partial charge in [-0.3, -0.25) is 4.79 Å². The molecule has 20 heavy (non-hydrogen) atoms. The first-order valence-corrected chi connectivity index (χ1v) is 6.62. The Balaban J connectivity index is 2.29. The fourth-order valence-corrected chi connectivity index (χ4v) is 2.60. The highest BCUT2D eigenvalue weighted by Crippen LogP contribution is 2.36. The predicted molar refractivity (Wildman–Crippen MR) is 73.7 cm³/mol. The minimum atomic E-state index is -1.01. The van der Waals surface area contributed by atoms with E-state index in [9.17, 15) is 14.7 Å². The van der Waals surface area contributed by atoms with Gasteiger partial charge in [-0.15, -0.1) is 0 Å². The number of aliphatic carboxylic acids is 1. The molecule has 108 valence electrons. The van der Waals surface area contributed by atoms with E-state index in [0.717, 1.165) is 11.3 Å². The van der Waals surface area contributed by atoms with Crippen molar-refractivity contribution >= 4 is 11.9 Å². The second-order valence-corrected chi connectivity index (χ2v) is 5.62. The van der Waals surface area contributed by atoms with Crippen LogP contribution in [-0.2, 0) is 15.0 Å². The zero-order valence-electron chi connectivity index (χ0n) is 11.8. The largest absolute Gasteiger partial charge is 0.491 e. The molecule has 2 N–H and O–H groups in total. The summed E-state index contributed by atoms with van der Waals surface area (Å²) in [5.74, 6) is -0.514. The zero-order valence-corrected chi connectivity index (χ0v) is 11.8. The molecule has 0 radical (unpaired) electrons. The number of carbonyl (C=O) groups is 2. The molecule has 1 heterocycles. The van der Waals surface area contributed by atoms with Gasteiger partial charge < -0.3 is 15.2 Å². The molecule has 0 spiro atoms. The average molecular weight is 277 g/mol. The van der Waals surface area contributed by atoms with Gasteiger partial charge in [-0.1, -0.05) is 19.1 Å². The summed E-state index contributed by atoms with van der Waals surface area (Å²) < 4.78 is 5.56. The molecule has 5 nitrogen and oxygen atoms in total. The van der Waals surface area contributed by atoms with Gasteiger partial charge in [0, 0.05) is 11.8 Å². The van der Waals surface area contributed by atoms with Gasteiger partial charge in [0.15, 0.2) is 0 Å². The van der Waals surface area contributed by atoms with E-state index < -0.39 is 17.4 Å². The maximum Gasteiger partial charge on any atom is 0.327 e. The van der Waals surface area contributed by atoms with E-state index in [-0.39, 0.29) is 18.4 Å². The number of nitrogens with one attached hydrogen (secondary N) is 1. The number of amides is 1. The third-order valence-corrected chi connectivity index (χ3v) is 3.60. The van der Waals surface area contributed by atoms with Crippen LogP contribution in [-0.4, -0.2) is 29.1 Å². The Labute approximate surface area is 117 Å². The average Bonchev–Trinajstić information content (AvgIpc) is 2.66. The third kappa shape index (κ3) is 2.61. The summed E-state index contributed by atoms with van der Waals surface area (Å²) in [6.07, 6.45) is 0.256. The van der Waals surface area contributed by atoms with E-state index in [2.05, 4.69) is 5.32 Å². The fraction of sp³-hybridized carbons (Fsp3) is 0.467. The van der Waals surface area contributed by atoms with Crippen LogP contribution >= 0.6 is 0 Å². The van der Waals surface area contributed by atoms with E-state index >= 15 is 0 Å². The highest BCUT2D eigenvalue weighted by atomic mass is 16.5. The molecule has 2 atom stereocenters. The Morgan fingerprint density at radius 2 is 2.00 bits per heavy atom. The minimum absolute atomic E-state index is 0.0814. The molecule has 0 saturated carbocycles. The monoisotopic (exact) mass is 277 g/mol. The van der Waals surface area contributed by atoms with Crippen molar-refractivity contribution in [2.45, 2.75) is 44.8 Å². The topological polar surface area (TPSA) is 75.6 Å². The third-order valence-electron chi connectivity index (χ3n) is 3.60. The standard InChI is InChI=1S/C15H19NO4/c1-9(2)20-11-6-4-10(5-7-11)15(3)8-12(17)16-13(15)14(18)19/h4-7,9,13H,8H2,1-3H3,(H,16,17)(H,18,19). The number of hydrogen-bond acceptors (Lipinski definition) is 3. The Bertz CT molecular complexity index is 523. The van der Waals surface area contributed by atoms with Crippen LogP contribution in [0.5, 0.6) is 5.75 Å². The lowest BCUT2D eigenvalue weighted by molar-refractivity contribution is -0.141. The predicted octanol–water partition coefficient (Wildman–Crippen LogP) is 1.70. The Kier molecular flexibility index (Phi) is 3.70. The summed E-state index contributed by atoms with van der Waals surface area (Å²) in [6.45, 7) is 5.67. The summed E-state index contributed by atoms with van der Waals surface area (Å²) in [4.78, 5) is 22.9. The second kappa shape index (κ2) is 5.15. The van der Waals surface area contributed by atoms with Gasteiger partial charge in [-0.2, -0.15) is 0 Å². The second-order valence-electron chi connectivity index (χ2n) is 5.62. The molecule has 1 saturated heterocycles. The molecule has 1 aromatic carbocycles. The first-order valence-electron chi connectivity index (χ1n) is 6.62. The Morgan fingerprint density at radius 3 is 2.50 bits per heavy atom. The molecule has 2 rings (SSSR count). The summed E-state index contributed by atoms with van der Waals surface area (Å²) in [6, 6.07) is 6.37. The van der Waals surface area contributed by atoms with Crippen molar-refractivity contribution in [3.63, 3.8) is 0 Å². The molecule has 0 bridgehead atoms. The lowest BCUT2D eigenvalue weighted by Crippen LogP contribution is -2.44. The number of carboxylic acids is 1. The van der Waals surface area contributed by atoms with E-state index in [1.54, 1.807) is 6.92 Å². The molecule has 2 unspecified atom stereocenters. The molecule has 0 aromatic heterocycles. The molecule has 1 fully saturated rings. The molecule has 5 heteroatoms. The number of hydrogen-bond donors (Lipinski definition) is 2. The number of rotatable bonds is 4. The summed E-state index contributed by atoms with van der Waals surface area (Å²) >= 11 is 0. The zero-order chi connectivity index (χ0) is 14.9. The Morgan fingerprint density at radius 1 is 1.40 bits per heavy atom. The quantitative estimate of drug-likeness (QED) is 0.878. The van der Waals surface area contributed by atoms with Gasteiger partial charge in [-0.05, 0) is 31.5 Å². The summed E-state index contributed by atoms with van der Waals surface area (Å²) in [5, 5.41) is 11.8. The lowest BCUT2D eigenvalue weighted by atomic mass is 9.76. The van der Waals surface area contributed by atoms with Crippen LogP contribution in [0, 0.1) is 0 Å². The fourth-order valence-electron chi connectivity index (χ4n) is 2.60. The van der Waals surface area contributed by atoms with Crippen LogP contribution in [0.1, 0.15) is 32.8 Å². The van der Waals surface area contributed by atoms with E-state index in [1.165, 1.54) is 0 Å². The maximum atomic E-state index is 11.6. The minimum Gasteiger partial charge on any atom is -0.491 e. The van der Waals surface area contributed by atoms with Gasteiger partial charge in [-0.25, -0.2) is 4.79 Å². The van der Waals surface area contributed by atoms with Gasteiger partial charge in [0.2, 0.25) is 5.91 Å². The first kappa shape index (κ1) is 14.4. The van der Waals surface area contributed by atoms with Crippen LogP contribution < -0.4 is 10.1 Å². The van der Waals surface area contributed by atoms with Gasteiger partial charge in [0.1, 0.15) is 11.8 Å². The number of benzene rings is 1. The van der Waals surface area contributed by atoms with Crippen molar-refractivity contribution in [2.24, 2.45) is 0 Å². The molecule has 1 amide bonds. The van der Waals surface area contributed by atoms with Crippen molar-refractivity contribution in [3.8, 4) is 5.75 Å². The van der Waals surface area contributed by atoms with E-state index in [0.29, 0.717) is 0 Å². The first-order chi connectivity index (χ1) is 9.33. The van der Waals surface area contributed by atoms with Crippen molar-refractivity contribution in [1.82, 2.24) is 5.32 Å². The van der Waals surface area contributed by atoms with Crippen LogP contribution in [0.25, 0.3) is 0 Å². The molecular weight excluding hydrogens is 258 g/mol. The van der Waals surface area contributed by atoms with Crippen LogP contribution in [0.2, 0.25) is 0 Å².